The molecule has 174 valence electrons. The summed E-state index contributed by atoms with van der Waals surface area (Å²) in [5.41, 5.74) is 18.2. The van der Waals surface area contributed by atoms with Gasteiger partial charge in [-0.1, -0.05) is 113 Å². The van der Waals surface area contributed by atoms with Gasteiger partial charge in [0.25, 0.3) is 0 Å². The van der Waals surface area contributed by atoms with Gasteiger partial charge in [-0.3, -0.25) is 0 Å². The normalized spacial score (nSPS) is 13.4. The van der Waals surface area contributed by atoms with Crippen LogP contribution in [0.25, 0.3) is 34.4 Å². The van der Waals surface area contributed by atoms with E-state index in [0.29, 0.717) is 0 Å². The number of rotatable bonds is 2. The molecule has 4 aromatic rings. The molecule has 0 radical (unpaired) electrons. The first-order valence-corrected chi connectivity index (χ1v) is 12.6. The lowest BCUT2D eigenvalue weighted by atomic mass is 9.93. The number of hydrogen-bond acceptors (Lipinski definition) is 0. The minimum atomic E-state index is 1.10. The summed E-state index contributed by atoms with van der Waals surface area (Å²) in [6.07, 6.45) is 6.84. The second-order valence-electron chi connectivity index (χ2n) is 10.3. The standard InChI is InChI=1S/C18H18.C17H16/c1-12-7-13(2)10-16(9-12)17-6-4-5-15-8-14(3)11-18(15)17;1-12-10-14-7-5-9-16(17(14)11-12)15-8-4-3-6-13(15)2/h4-7,9-11H,8H2,1-3H3;3-10H,11H2,1-2H3. The van der Waals surface area contributed by atoms with Crippen LogP contribution in [0.3, 0.4) is 0 Å². The molecule has 0 spiro atoms. The Balaban J connectivity index is 0.000000145. The molecular formula is C35H34. The Morgan fingerprint density at radius 3 is 1.97 bits per heavy atom. The summed E-state index contributed by atoms with van der Waals surface area (Å²) in [5, 5.41) is 0. The monoisotopic (exact) mass is 454 g/mol. The summed E-state index contributed by atoms with van der Waals surface area (Å²) in [4.78, 5) is 0. The molecule has 4 aromatic carbocycles. The Hall–Kier alpha value is -3.64. The molecular weight excluding hydrogens is 420 g/mol. The van der Waals surface area contributed by atoms with E-state index in [0.717, 1.165) is 12.8 Å². The van der Waals surface area contributed by atoms with Crippen molar-refractivity contribution >= 4 is 12.2 Å². The first-order chi connectivity index (χ1) is 16.9. The number of aryl methyl sites for hydroxylation is 3. The molecule has 0 atom stereocenters. The van der Waals surface area contributed by atoms with Crippen molar-refractivity contribution in [3.63, 3.8) is 0 Å². The highest BCUT2D eigenvalue weighted by Crippen LogP contribution is 2.36. The van der Waals surface area contributed by atoms with Crippen LogP contribution in [0, 0.1) is 20.8 Å². The molecule has 6 rings (SSSR count). The minimum Gasteiger partial charge on any atom is -0.0683 e. The van der Waals surface area contributed by atoms with E-state index in [9.17, 15) is 0 Å². The highest BCUT2D eigenvalue weighted by atomic mass is 14.2. The molecule has 0 N–H and O–H groups in total. The SMILES string of the molecule is CC1=Cc2c(cccc2-c2cc(C)cc(C)c2)C1.CC1=Cc2cccc(-c3ccccc3C)c2C1. The first kappa shape index (κ1) is 23.1. The van der Waals surface area contributed by atoms with Crippen LogP contribution in [0.5, 0.6) is 0 Å². The molecule has 0 bridgehead atoms. The third-order valence-corrected chi connectivity index (χ3v) is 7.09. The van der Waals surface area contributed by atoms with Crippen molar-refractivity contribution in [2.24, 2.45) is 0 Å². The van der Waals surface area contributed by atoms with Crippen molar-refractivity contribution in [2.45, 2.75) is 47.5 Å². The van der Waals surface area contributed by atoms with Gasteiger partial charge in [0.2, 0.25) is 0 Å². The lowest BCUT2D eigenvalue weighted by Crippen LogP contribution is -1.91. The maximum Gasteiger partial charge on any atom is -0.00544 e. The zero-order valence-corrected chi connectivity index (χ0v) is 21.6. The van der Waals surface area contributed by atoms with Crippen molar-refractivity contribution in [2.75, 3.05) is 0 Å². The predicted octanol–water partition coefficient (Wildman–Crippen LogP) is 9.55. The fourth-order valence-electron chi connectivity index (χ4n) is 5.58. The molecule has 0 fully saturated rings. The topological polar surface area (TPSA) is 0 Å². The highest BCUT2D eigenvalue weighted by Gasteiger charge is 2.16. The smallest absolute Gasteiger partial charge is 0.00544 e. The van der Waals surface area contributed by atoms with E-state index in [-0.39, 0.29) is 0 Å². The molecule has 2 aliphatic rings. The summed E-state index contributed by atoms with van der Waals surface area (Å²) < 4.78 is 0. The van der Waals surface area contributed by atoms with Crippen LogP contribution < -0.4 is 0 Å². The summed E-state index contributed by atoms with van der Waals surface area (Å²) in [7, 11) is 0. The Morgan fingerprint density at radius 1 is 0.543 bits per heavy atom. The average molecular weight is 455 g/mol. The van der Waals surface area contributed by atoms with Crippen LogP contribution in [-0.4, -0.2) is 0 Å². The highest BCUT2D eigenvalue weighted by molar-refractivity contribution is 5.81. The molecule has 0 saturated heterocycles. The Morgan fingerprint density at radius 2 is 1.20 bits per heavy atom. The zero-order chi connectivity index (χ0) is 24.5. The van der Waals surface area contributed by atoms with E-state index in [2.05, 4.69) is 126 Å². The molecule has 0 amide bonds. The van der Waals surface area contributed by atoms with Crippen LogP contribution in [0.4, 0.5) is 0 Å². The number of fused-ring (bicyclic) bond motifs is 2. The molecule has 35 heavy (non-hydrogen) atoms. The summed E-state index contributed by atoms with van der Waals surface area (Å²) in [6, 6.07) is 28.7. The largest absolute Gasteiger partial charge is 0.0683 e. The van der Waals surface area contributed by atoms with E-state index in [1.165, 1.54) is 72.3 Å². The van der Waals surface area contributed by atoms with Crippen LogP contribution >= 0.6 is 0 Å². The van der Waals surface area contributed by atoms with Gasteiger partial charge in [0.1, 0.15) is 0 Å². The minimum absolute atomic E-state index is 1.10. The second-order valence-corrected chi connectivity index (χ2v) is 10.3. The van der Waals surface area contributed by atoms with E-state index in [4.69, 9.17) is 0 Å². The quantitative estimate of drug-likeness (QED) is 0.283. The van der Waals surface area contributed by atoms with Crippen molar-refractivity contribution in [1.29, 1.82) is 0 Å². The van der Waals surface area contributed by atoms with E-state index in [1.807, 2.05) is 0 Å². The number of hydrogen-bond donors (Lipinski definition) is 0. The van der Waals surface area contributed by atoms with E-state index < -0.39 is 0 Å². The summed E-state index contributed by atoms with van der Waals surface area (Å²) in [5.74, 6) is 0. The average Bonchev–Trinajstić information content (AvgIpc) is 3.39. The van der Waals surface area contributed by atoms with Crippen molar-refractivity contribution < 1.29 is 0 Å². The fourth-order valence-corrected chi connectivity index (χ4v) is 5.58. The second kappa shape index (κ2) is 9.55. The Labute approximate surface area is 210 Å². The fraction of sp³-hybridized carbons (Fsp3) is 0.200. The zero-order valence-electron chi connectivity index (χ0n) is 21.6. The molecule has 2 aliphatic carbocycles. The van der Waals surface area contributed by atoms with Gasteiger partial charge in [-0.2, -0.15) is 0 Å². The van der Waals surface area contributed by atoms with Crippen LogP contribution in [0.2, 0.25) is 0 Å². The van der Waals surface area contributed by atoms with Gasteiger partial charge in [-0.05, 0) is 97.5 Å². The van der Waals surface area contributed by atoms with Crippen LogP contribution in [-0.2, 0) is 12.8 Å². The van der Waals surface area contributed by atoms with Crippen molar-refractivity contribution in [3.05, 3.63) is 129 Å². The molecule has 0 heteroatoms. The van der Waals surface area contributed by atoms with Gasteiger partial charge in [0, 0.05) is 0 Å². The van der Waals surface area contributed by atoms with Crippen LogP contribution in [0.1, 0.15) is 52.8 Å². The van der Waals surface area contributed by atoms with Crippen LogP contribution in [0.15, 0.2) is 90.0 Å². The van der Waals surface area contributed by atoms with Crippen molar-refractivity contribution in [1.82, 2.24) is 0 Å². The Kier molecular flexibility index (Phi) is 6.31. The summed E-state index contributed by atoms with van der Waals surface area (Å²) in [6.45, 7) is 10.9. The maximum atomic E-state index is 2.34. The third-order valence-electron chi connectivity index (χ3n) is 7.09. The van der Waals surface area contributed by atoms with Gasteiger partial charge in [-0.25, -0.2) is 0 Å². The molecule has 0 aliphatic heterocycles. The molecule has 0 heterocycles. The maximum absolute atomic E-state index is 2.34. The van der Waals surface area contributed by atoms with Gasteiger partial charge < -0.3 is 0 Å². The van der Waals surface area contributed by atoms with Gasteiger partial charge in [0.15, 0.2) is 0 Å². The lowest BCUT2D eigenvalue weighted by molar-refractivity contribution is 1.19. The number of benzene rings is 4. The van der Waals surface area contributed by atoms with Gasteiger partial charge >= 0.3 is 0 Å². The van der Waals surface area contributed by atoms with Gasteiger partial charge in [-0.15, -0.1) is 0 Å². The first-order valence-electron chi connectivity index (χ1n) is 12.6. The third kappa shape index (κ3) is 4.80. The molecule has 0 aromatic heterocycles. The Bertz CT molecular complexity index is 1460. The van der Waals surface area contributed by atoms with E-state index in [1.54, 1.807) is 0 Å². The molecule has 0 unspecified atom stereocenters. The van der Waals surface area contributed by atoms with Gasteiger partial charge in [0.05, 0.1) is 0 Å². The molecule has 0 nitrogen and oxygen atoms in total. The van der Waals surface area contributed by atoms with E-state index >= 15 is 0 Å². The van der Waals surface area contributed by atoms with Crippen molar-refractivity contribution in [3.8, 4) is 22.3 Å². The predicted molar refractivity (Wildman–Crippen MR) is 153 cm³/mol. The summed E-state index contributed by atoms with van der Waals surface area (Å²) >= 11 is 0. The lowest BCUT2D eigenvalue weighted by Gasteiger charge is -2.11. The number of allylic oxidation sites excluding steroid dienone is 2. The molecule has 0 saturated carbocycles.